The van der Waals surface area contributed by atoms with Crippen molar-refractivity contribution >= 4 is 23.2 Å². The lowest BCUT2D eigenvalue weighted by atomic mass is 10.0. The van der Waals surface area contributed by atoms with Gasteiger partial charge in [-0.05, 0) is 54.4 Å². The van der Waals surface area contributed by atoms with Crippen molar-refractivity contribution in [2.75, 3.05) is 6.54 Å². The Morgan fingerprint density at radius 2 is 1.59 bits per heavy atom. The maximum absolute atomic E-state index is 12.7. The van der Waals surface area contributed by atoms with Gasteiger partial charge >= 0.3 is 12.1 Å². The average Bonchev–Trinajstić information content (AvgIpc) is 3.24. The summed E-state index contributed by atoms with van der Waals surface area (Å²) < 4.78 is 44.0. The molecule has 1 aromatic heterocycles. The van der Waals surface area contributed by atoms with Crippen molar-refractivity contribution in [1.82, 2.24) is 5.32 Å². The van der Waals surface area contributed by atoms with E-state index in [0.717, 1.165) is 22.6 Å². The minimum atomic E-state index is -4.37. The Hall–Kier alpha value is -3.33. The molecule has 0 saturated heterocycles. The van der Waals surface area contributed by atoms with E-state index in [1.54, 1.807) is 36.4 Å². The number of carbonyl (C=O) groups excluding carboxylic acids is 1. The lowest BCUT2D eigenvalue weighted by molar-refractivity contribution is -0.138. The minimum Gasteiger partial charge on any atom is -0.485 e. The van der Waals surface area contributed by atoms with Crippen LogP contribution in [0.5, 0.6) is 5.75 Å². The first-order chi connectivity index (χ1) is 15.1. The Morgan fingerprint density at radius 1 is 1.00 bits per heavy atom. The van der Waals surface area contributed by atoms with E-state index in [1.165, 1.54) is 23.5 Å². The molecule has 0 aliphatic rings. The van der Waals surface area contributed by atoms with E-state index < -0.39 is 17.7 Å². The molecule has 2 N–H and O–H groups in total. The minimum absolute atomic E-state index is 0.0543. The largest absolute Gasteiger partial charge is 0.485 e. The van der Waals surface area contributed by atoms with Crippen molar-refractivity contribution in [3.8, 4) is 16.9 Å². The molecule has 1 amide bonds. The first kappa shape index (κ1) is 23.3. The highest BCUT2D eigenvalue weighted by molar-refractivity contribution is 7.14. The molecule has 0 saturated carbocycles. The van der Waals surface area contributed by atoms with Crippen molar-refractivity contribution in [2.24, 2.45) is 0 Å². The number of ether oxygens (including phenoxy) is 1. The molecule has 2 aromatic carbocycles. The van der Waals surface area contributed by atoms with E-state index in [9.17, 15) is 22.8 Å². The molecule has 0 aliphatic carbocycles. The van der Waals surface area contributed by atoms with Gasteiger partial charge in [0.1, 0.15) is 11.9 Å². The number of alkyl halides is 3. The van der Waals surface area contributed by atoms with Crippen molar-refractivity contribution in [3.05, 3.63) is 76.0 Å². The van der Waals surface area contributed by atoms with Gasteiger partial charge in [0.05, 0.1) is 16.9 Å². The quantitative estimate of drug-likeness (QED) is 0.444. The van der Waals surface area contributed by atoms with Crippen LogP contribution in [0.15, 0.2) is 60.7 Å². The highest BCUT2D eigenvalue weighted by Crippen LogP contribution is 2.32. The van der Waals surface area contributed by atoms with Crippen LogP contribution < -0.4 is 10.1 Å². The van der Waals surface area contributed by atoms with Crippen LogP contribution in [0.25, 0.3) is 11.1 Å². The number of halogens is 3. The second-order valence-corrected chi connectivity index (χ2v) is 8.08. The number of amides is 1. The SMILES string of the molecule is CC(Oc1ccc(-c2ccc(C(F)(F)F)cc2)cc1)c1ccc(C(=O)NCCC(=O)O)s1. The van der Waals surface area contributed by atoms with Crippen LogP contribution in [-0.2, 0) is 11.0 Å². The van der Waals surface area contributed by atoms with Crippen LogP contribution >= 0.6 is 11.3 Å². The normalized spacial score (nSPS) is 12.2. The number of aliphatic carboxylic acids is 1. The predicted molar refractivity (Wildman–Crippen MR) is 115 cm³/mol. The maximum Gasteiger partial charge on any atom is 0.416 e. The molecule has 1 heterocycles. The van der Waals surface area contributed by atoms with Crippen molar-refractivity contribution in [1.29, 1.82) is 0 Å². The fourth-order valence-corrected chi connectivity index (χ4v) is 3.81. The highest BCUT2D eigenvalue weighted by atomic mass is 32.1. The van der Waals surface area contributed by atoms with Gasteiger partial charge in [0.25, 0.3) is 5.91 Å². The van der Waals surface area contributed by atoms with Crippen LogP contribution in [0.4, 0.5) is 13.2 Å². The molecule has 168 valence electrons. The second kappa shape index (κ2) is 9.86. The fourth-order valence-electron chi connectivity index (χ4n) is 2.90. The molecule has 32 heavy (non-hydrogen) atoms. The van der Waals surface area contributed by atoms with Crippen LogP contribution in [0, 0.1) is 0 Å². The molecular weight excluding hydrogens is 443 g/mol. The third kappa shape index (κ3) is 6.10. The second-order valence-electron chi connectivity index (χ2n) is 6.96. The Morgan fingerprint density at radius 3 is 2.16 bits per heavy atom. The van der Waals surface area contributed by atoms with E-state index in [0.29, 0.717) is 16.2 Å². The number of hydrogen-bond acceptors (Lipinski definition) is 4. The molecule has 0 fully saturated rings. The Bertz CT molecular complexity index is 1080. The van der Waals surface area contributed by atoms with Gasteiger partial charge in [0.2, 0.25) is 0 Å². The topological polar surface area (TPSA) is 75.6 Å². The van der Waals surface area contributed by atoms with Crippen LogP contribution in [0.1, 0.15) is 39.6 Å². The number of thiophene rings is 1. The third-order valence-electron chi connectivity index (χ3n) is 4.59. The van der Waals surface area contributed by atoms with E-state index in [2.05, 4.69) is 5.32 Å². The van der Waals surface area contributed by atoms with Crippen LogP contribution in [-0.4, -0.2) is 23.5 Å². The zero-order valence-corrected chi connectivity index (χ0v) is 17.8. The van der Waals surface area contributed by atoms with Gasteiger partial charge in [-0.1, -0.05) is 24.3 Å². The summed E-state index contributed by atoms with van der Waals surface area (Å²) in [5, 5.41) is 11.2. The zero-order valence-electron chi connectivity index (χ0n) is 17.0. The summed E-state index contributed by atoms with van der Waals surface area (Å²) in [6.45, 7) is 1.89. The average molecular weight is 463 g/mol. The van der Waals surface area contributed by atoms with Gasteiger partial charge < -0.3 is 15.2 Å². The summed E-state index contributed by atoms with van der Waals surface area (Å²) in [6, 6.07) is 15.4. The maximum atomic E-state index is 12.7. The molecular formula is C23H20F3NO4S. The predicted octanol–water partition coefficient (Wildman–Crippen LogP) is 5.78. The van der Waals surface area contributed by atoms with Gasteiger partial charge in [0, 0.05) is 11.4 Å². The van der Waals surface area contributed by atoms with Crippen molar-refractivity contribution < 1.29 is 32.6 Å². The van der Waals surface area contributed by atoms with Gasteiger partial charge in [-0.3, -0.25) is 9.59 Å². The summed E-state index contributed by atoms with van der Waals surface area (Å²) in [5.74, 6) is -0.742. The summed E-state index contributed by atoms with van der Waals surface area (Å²) >= 11 is 1.25. The van der Waals surface area contributed by atoms with E-state index in [1.807, 2.05) is 6.92 Å². The molecule has 0 spiro atoms. The number of nitrogens with one attached hydrogen (secondary N) is 1. The lowest BCUT2D eigenvalue weighted by Crippen LogP contribution is -2.25. The smallest absolute Gasteiger partial charge is 0.416 e. The zero-order chi connectivity index (χ0) is 23.3. The molecule has 1 atom stereocenters. The Kier molecular flexibility index (Phi) is 7.19. The van der Waals surface area contributed by atoms with Gasteiger partial charge in [-0.15, -0.1) is 11.3 Å². The summed E-state index contributed by atoms with van der Waals surface area (Å²) in [4.78, 5) is 23.9. The van der Waals surface area contributed by atoms with E-state index in [4.69, 9.17) is 9.84 Å². The number of benzene rings is 2. The molecule has 0 aliphatic heterocycles. The van der Waals surface area contributed by atoms with Crippen LogP contribution in [0.3, 0.4) is 0 Å². The molecule has 5 nitrogen and oxygen atoms in total. The Balaban J connectivity index is 1.60. The first-order valence-corrected chi connectivity index (χ1v) is 10.5. The van der Waals surface area contributed by atoms with Gasteiger partial charge in [0.15, 0.2) is 0 Å². The monoisotopic (exact) mass is 463 g/mol. The number of carboxylic acids is 1. The number of rotatable bonds is 8. The standard InChI is InChI=1S/C23H20F3NO4S/c1-14(19-10-11-20(32-19)22(30)27-13-12-21(28)29)31-18-8-4-16(5-9-18)15-2-6-17(7-3-15)23(24,25)26/h2-11,14H,12-13H2,1H3,(H,27,30)(H,28,29). The fraction of sp³-hybridized carbons (Fsp3) is 0.217. The molecule has 9 heteroatoms. The number of hydrogen-bond donors (Lipinski definition) is 2. The number of carboxylic acid groups (broad SMARTS) is 1. The van der Waals surface area contributed by atoms with Gasteiger partial charge in [-0.2, -0.15) is 13.2 Å². The van der Waals surface area contributed by atoms with Gasteiger partial charge in [-0.25, -0.2) is 0 Å². The molecule has 0 bridgehead atoms. The van der Waals surface area contributed by atoms with Crippen LogP contribution in [0.2, 0.25) is 0 Å². The van der Waals surface area contributed by atoms with E-state index in [-0.39, 0.29) is 25.0 Å². The molecule has 1 unspecified atom stereocenters. The highest BCUT2D eigenvalue weighted by Gasteiger charge is 2.29. The lowest BCUT2D eigenvalue weighted by Gasteiger charge is -2.14. The number of carbonyl (C=O) groups is 2. The first-order valence-electron chi connectivity index (χ1n) is 9.67. The summed E-state index contributed by atoms with van der Waals surface area (Å²) in [7, 11) is 0. The van der Waals surface area contributed by atoms with Crippen molar-refractivity contribution in [3.63, 3.8) is 0 Å². The summed E-state index contributed by atoms with van der Waals surface area (Å²) in [5.41, 5.74) is 0.727. The molecule has 3 rings (SSSR count). The van der Waals surface area contributed by atoms with E-state index >= 15 is 0 Å². The Labute approximate surface area is 186 Å². The van der Waals surface area contributed by atoms with Crippen molar-refractivity contribution in [2.45, 2.75) is 25.6 Å². The molecule has 0 radical (unpaired) electrons. The molecule has 3 aromatic rings. The summed E-state index contributed by atoms with van der Waals surface area (Å²) in [6.07, 6.45) is -4.85. The third-order valence-corrected chi connectivity index (χ3v) is 5.83.